The second-order valence-corrected chi connectivity index (χ2v) is 10.2. The minimum absolute atomic E-state index is 0.174. The van der Waals surface area contributed by atoms with Crippen molar-refractivity contribution >= 4 is 51.9 Å². The lowest BCUT2D eigenvalue weighted by Crippen LogP contribution is -2.25. The van der Waals surface area contributed by atoms with Gasteiger partial charge in [-0.05, 0) is 51.3 Å². The molecule has 1 aliphatic rings. The van der Waals surface area contributed by atoms with Crippen molar-refractivity contribution in [3.05, 3.63) is 57.6 Å². The standard InChI is InChI=1S/C29H33F2N5O/c1-6-16(2)25-24(35-22-10-9-21(33)20(14-32)26(22)25)15-34-17(3)19-8-7-18(29(5,30)31)13-23(19)36-27(37)28(4)11-12-28/h7-10,13-15,32,35H,6,11-12,33H2,1-5H3,(H,36,37)/b24-15-,25-16-,32-14?,34-17?. The van der Waals surface area contributed by atoms with Crippen LogP contribution in [0.3, 0.4) is 0 Å². The van der Waals surface area contributed by atoms with Gasteiger partial charge in [0.1, 0.15) is 0 Å². The Morgan fingerprint density at radius 3 is 2.57 bits per heavy atom. The summed E-state index contributed by atoms with van der Waals surface area (Å²) in [6.07, 6.45) is 5.31. The largest absolute Gasteiger partial charge is 0.398 e. The molecule has 0 atom stereocenters. The second kappa shape index (κ2) is 9.57. The van der Waals surface area contributed by atoms with E-state index in [0.29, 0.717) is 28.2 Å². The van der Waals surface area contributed by atoms with E-state index in [-0.39, 0.29) is 11.5 Å². The number of nitrogens with zero attached hydrogens (tertiary/aromatic N) is 1. The van der Waals surface area contributed by atoms with Crippen LogP contribution in [0.15, 0.2) is 35.3 Å². The highest BCUT2D eigenvalue weighted by Crippen LogP contribution is 2.46. The smallest absolute Gasteiger partial charge is 0.270 e. The van der Waals surface area contributed by atoms with Gasteiger partial charge < -0.3 is 21.4 Å². The van der Waals surface area contributed by atoms with Crippen molar-refractivity contribution in [2.24, 2.45) is 10.4 Å². The molecule has 3 aromatic rings. The molecular weight excluding hydrogens is 472 g/mol. The SMILES string of the molecule is CC/C(C)=c1/c(=C/N=C(C)c2ccc(C(C)(F)F)cc2NC(=O)C2(C)CC2)[nH]c2ccc(N)c(C=N)c12. The van der Waals surface area contributed by atoms with Crippen molar-refractivity contribution in [2.45, 2.75) is 59.8 Å². The summed E-state index contributed by atoms with van der Waals surface area (Å²) in [6, 6.07) is 7.93. The molecule has 194 valence electrons. The lowest BCUT2D eigenvalue weighted by Gasteiger charge is -2.17. The molecule has 1 amide bonds. The predicted octanol–water partition coefficient (Wildman–Crippen LogP) is 5.43. The first-order valence-electron chi connectivity index (χ1n) is 12.4. The topological polar surface area (TPSA) is 107 Å². The molecule has 1 heterocycles. The molecule has 0 unspecified atom stereocenters. The quantitative estimate of drug-likeness (QED) is 0.254. The highest BCUT2D eigenvalue weighted by molar-refractivity contribution is 6.09. The molecule has 1 aromatic heterocycles. The summed E-state index contributed by atoms with van der Waals surface area (Å²) in [5.41, 5.74) is 10.1. The van der Waals surface area contributed by atoms with Gasteiger partial charge in [0.2, 0.25) is 5.91 Å². The third-order valence-electron chi connectivity index (χ3n) is 7.27. The Labute approximate surface area is 214 Å². The normalized spacial score (nSPS) is 16.6. The lowest BCUT2D eigenvalue weighted by molar-refractivity contribution is -0.120. The molecule has 1 aliphatic carbocycles. The molecule has 1 fully saturated rings. The van der Waals surface area contributed by atoms with Gasteiger partial charge >= 0.3 is 0 Å². The van der Waals surface area contributed by atoms with Gasteiger partial charge in [-0.15, -0.1) is 0 Å². The molecule has 0 bridgehead atoms. The number of benzene rings is 2. The van der Waals surface area contributed by atoms with E-state index in [1.165, 1.54) is 18.3 Å². The van der Waals surface area contributed by atoms with Crippen LogP contribution in [-0.2, 0) is 10.7 Å². The first-order valence-corrected chi connectivity index (χ1v) is 12.4. The number of aromatic nitrogens is 1. The van der Waals surface area contributed by atoms with Gasteiger partial charge in [-0.2, -0.15) is 0 Å². The number of alkyl halides is 2. The number of amides is 1. The third kappa shape index (κ3) is 5.05. The van der Waals surface area contributed by atoms with Crippen molar-refractivity contribution in [1.29, 1.82) is 5.41 Å². The number of halogens is 2. The fourth-order valence-corrected chi connectivity index (χ4v) is 4.38. The molecule has 2 aromatic carbocycles. The van der Waals surface area contributed by atoms with Gasteiger partial charge in [-0.1, -0.05) is 31.6 Å². The summed E-state index contributed by atoms with van der Waals surface area (Å²) in [4.78, 5) is 20.8. The van der Waals surface area contributed by atoms with Crippen LogP contribution in [0, 0.1) is 10.8 Å². The average Bonchev–Trinajstić information content (AvgIpc) is 3.50. The molecule has 1 saturated carbocycles. The summed E-state index contributed by atoms with van der Waals surface area (Å²) in [7, 11) is 0. The molecule has 0 saturated heterocycles. The van der Waals surface area contributed by atoms with Gasteiger partial charge in [0.15, 0.2) is 0 Å². The van der Waals surface area contributed by atoms with Crippen molar-refractivity contribution in [3.8, 4) is 0 Å². The number of H-pyrrole nitrogens is 1. The second-order valence-electron chi connectivity index (χ2n) is 10.2. The van der Waals surface area contributed by atoms with Crippen LogP contribution in [0.1, 0.15) is 70.6 Å². The Hall–Kier alpha value is -3.81. The molecule has 0 aliphatic heterocycles. The van der Waals surface area contributed by atoms with Crippen molar-refractivity contribution in [2.75, 3.05) is 11.1 Å². The number of rotatable bonds is 7. The number of carbonyl (C=O) groups excluding carboxylic acids is 1. The van der Waals surface area contributed by atoms with E-state index in [1.54, 1.807) is 25.3 Å². The molecule has 5 N–H and O–H groups in total. The number of fused-ring (bicyclic) bond motifs is 1. The molecular formula is C29H33F2N5O. The number of anilines is 2. The lowest BCUT2D eigenvalue weighted by atomic mass is 10.0. The predicted molar refractivity (Wildman–Crippen MR) is 148 cm³/mol. The Morgan fingerprint density at radius 2 is 1.97 bits per heavy atom. The number of aromatic amines is 1. The minimum Gasteiger partial charge on any atom is -0.398 e. The summed E-state index contributed by atoms with van der Waals surface area (Å²) in [5.74, 6) is -3.22. The van der Waals surface area contributed by atoms with E-state index in [0.717, 1.165) is 53.2 Å². The number of nitrogen functional groups attached to an aromatic ring is 1. The van der Waals surface area contributed by atoms with Crippen molar-refractivity contribution < 1.29 is 13.6 Å². The van der Waals surface area contributed by atoms with E-state index < -0.39 is 11.3 Å². The van der Waals surface area contributed by atoms with Gasteiger partial charge in [-0.3, -0.25) is 9.79 Å². The third-order valence-corrected chi connectivity index (χ3v) is 7.27. The maximum absolute atomic E-state index is 14.1. The zero-order chi connectivity index (χ0) is 27.1. The summed E-state index contributed by atoms with van der Waals surface area (Å²) in [5, 5.41) is 13.3. The number of nitrogens with one attached hydrogen (secondary N) is 3. The van der Waals surface area contributed by atoms with Crippen LogP contribution in [0.2, 0.25) is 0 Å². The maximum atomic E-state index is 14.1. The summed E-state index contributed by atoms with van der Waals surface area (Å²) in [6.45, 7) is 8.58. The average molecular weight is 506 g/mol. The van der Waals surface area contributed by atoms with Crippen LogP contribution < -0.4 is 21.6 Å². The fraction of sp³-hybridized carbons (Fsp3) is 0.345. The van der Waals surface area contributed by atoms with Crippen molar-refractivity contribution in [1.82, 2.24) is 4.98 Å². The van der Waals surface area contributed by atoms with E-state index in [4.69, 9.17) is 11.1 Å². The molecule has 6 nitrogen and oxygen atoms in total. The first kappa shape index (κ1) is 26.3. The molecule has 8 heteroatoms. The maximum Gasteiger partial charge on any atom is 0.270 e. The van der Waals surface area contributed by atoms with Crippen molar-refractivity contribution in [3.63, 3.8) is 0 Å². The number of carbonyl (C=O) groups is 1. The molecule has 0 radical (unpaired) electrons. The Morgan fingerprint density at radius 1 is 1.27 bits per heavy atom. The number of hydrogen-bond acceptors (Lipinski definition) is 4. The van der Waals surface area contributed by atoms with Crippen LogP contribution >= 0.6 is 0 Å². The fourth-order valence-electron chi connectivity index (χ4n) is 4.38. The van der Waals surface area contributed by atoms with E-state index in [1.807, 2.05) is 19.9 Å². The van der Waals surface area contributed by atoms with E-state index in [9.17, 15) is 13.6 Å². The summed E-state index contributed by atoms with van der Waals surface area (Å²) >= 11 is 0. The highest BCUT2D eigenvalue weighted by atomic mass is 19.3. The van der Waals surface area contributed by atoms with E-state index >= 15 is 0 Å². The van der Waals surface area contributed by atoms with Crippen LogP contribution in [0.25, 0.3) is 22.7 Å². The summed E-state index contributed by atoms with van der Waals surface area (Å²) < 4.78 is 28.2. The zero-order valence-electron chi connectivity index (χ0n) is 21.9. The zero-order valence-corrected chi connectivity index (χ0v) is 21.9. The molecule has 37 heavy (non-hydrogen) atoms. The van der Waals surface area contributed by atoms with Crippen LogP contribution in [0.4, 0.5) is 20.2 Å². The highest BCUT2D eigenvalue weighted by Gasteiger charge is 2.45. The van der Waals surface area contributed by atoms with Gasteiger partial charge in [0.25, 0.3) is 5.92 Å². The first-order chi connectivity index (χ1) is 17.4. The molecule has 4 rings (SSSR count). The van der Waals surface area contributed by atoms with Gasteiger partial charge in [0.05, 0.1) is 17.2 Å². The Kier molecular flexibility index (Phi) is 6.79. The van der Waals surface area contributed by atoms with E-state index in [2.05, 4.69) is 22.2 Å². The van der Waals surface area contributed by atoms with Crippen LogP contribution in [-0.4, -0.2) is 22.8 Å². The number of hydrogen-bond donors (Lipinski definition) is 4. The van der Waals surface area contributed by atoms with Gasteiger partial charge in [-0.25, -0.2) is 8.78 Å². The van der Waals surface area contributed by atoms with Gasteiger partial charge in [0, 0.05) is 62.8 Å². The number of nitrogens with two attached hydrogens (primary N) is 1. The van der Waals surface area contributed by atoms with Crippen LogP contribution in [0.5, 0.6) is 0 Å². The monoisotopic (exact) mass is 505 g/mol. The Bertz CT molecular complexity index is 1560. The minimum atomic E-state index is -3.04. The number of aliphatic imine (C=N–C) groups is 1. The molecule has 0 spiro atoms. The Balaban J connectivity index is 1.88.